The summed E-state index contributed by atoms with van der Waals surface area (Å²) in [5, 5.41) is 8.54. The van der Waals surface area contributed by atoms with E-state index in [0.717, 1.165) is 17.5 Å². The second kappa shape index (κ2) is 3.51. The molecule has 0 atom stereocenters. The third kappa shape index (κ3) is 1.35. The molecule has 1 aliphatic heterocycles. The van der Waals surface area contributed by atoms with Gasteiger partial charge in [0.1, 0.15) is 6.54 Å². The lowest BCUT2D eigenvalue weighted by atomic mass is 9.99. The Hall–Kier alpha value is -1.82. The summed E-state index contributed by atoms with van der Waals surface area (Å²) in [6.45, 7) is 0.844. The fraction of sp³-hybridized carbons (Fsp3) is 0.273. The van der Waals surface area contributed by atoms with Crippen LogP contribution in [0.25, 0.3) is 0 Å². The highest BCUT2D eigenvalue weighted by atomic mass is 16.2. The van der Waals surface area contributed by atoms with Crippen molar-refractivity contribution in [3.05, 3.63) is 35.4 Å². The molecule has 0 fully saturated rings. The number of rotatable bonds is 1. The van der Waals surface area contributed by atoms with Crippen LogP contribution in [0.3, 0.4) is 0 Å². The van der Waals surface area contributed by atoms with Gasteiger partial charge in [0.25, 0.3) is 5.91 Å². The number of benzene rings is 1. The van der Waals surface area contributed by atoms with E-state index in [1.54, 1.807) is 4.90 Å². The molecule has 0 saturated heterocycles. The first kappa shape index (κ1) is 8.76. The Morgan fingerprint density at radius 1 is 1.43 bits per heavy atom. The van der Waals surface area contributed by atoms with Crippen molar-refractivity contribution < 1.29 is 4.79 Å². The Kier molecular flexibility index (Phi) is 2.19. The minimum atomic E-state index is -0.0200. The number of nitriles is 1. The molecule has 0 radical (unpaired) electrons. The highest BCUT2D eigenvalue weighted by Gasteiger charge is 2.22. The van der Waals surface area contributed by atoms with Crippen molar-refractivity contribution in [2.45, 2.75) is 6.42 Å². The number of carbonyl (C=O) groups is 1. The summed E-state index contributed by atoms with van der Waals surface area (Å²) in [6.07, 6.45) is 0.851. The first-order chi connectivity index (χ1) is 6.83. The van der Waals surface area contributed by atoms with Crippen LogP contribution >= 0.6 is 0 Å². The van der Waals surface area contributed by atoms with Gasteiger partial charge in [0.15, 0.2) is 0 Å². The molecule has 70 valence electrons. The van der Waals surface area contributed by atoms with Crippen molar-refractivity contribution in [2.75, 3.05) is 13.1 Å². The second-order valence-corrected chi connectivity index (χ2v) is 3.29. The molecule has 0 spiro atoms. The van der Waals surface area contributed by atoms with E-state index < -0.39 is 0 Å². The van der Waals surface area contributed by atoms with E-state index in [4.69, 9.17) is 5.26 Å². The average molecular weight is 186 g/mol. The Bertz CT molecular complexity index is 406. The van der Waals surface area contributed by atoms with E-state index in [-0.39, 0.29) is 12.5 Å². The minimum Gasteiger partial charge on any atom is -0.325 e. The van der Waals surface area contributed by atoms with Crippen LogP contribution in [-0.2, 0) is 6.42 Å². The molecule has 0 aliphatic carbocycles. The number of amides is 1. The predicted molar refractivity (Wildman–Crippen MR) is 51.7 cm³/mol. The van der Waals surface area contributed by atoms with Gasteiger partial charge in [0.05, 0.1) is 6.07 Å². The van der Waals surface area contributed by atoms with Crippen LogP contribution in [0.15, 0.2) is 24.3 Å². The molecule has 0 N–H and O–H groups in total. The molecule has 1 aromatic carbocycles. The molecule has 14 heavy (non-hydrogen) atoms. The van der Waals surface area contributed by atoms with Gasteiger partial charge in [0, 0.05) is 12.1 Å². The molecular formula is C11H10N2O. The lowest BCUT2D eigenvalue weighted by Gasteiger charge is -2.26. The maximum absolute atomic E-state index is 11.8. The van der Waals surface area contributed by atoms with Crippen LogP contribution in [0.1, 0.15) is 15.9 Å². The lowest BCUT2D eigenvalue weighted by molar-refractivity contribution is 0.0761. The van der Waals surface area contributed by atoms with Crippen molar-refractivity contribution >= 4 is 5.91 Å². The molecule has 0 bridgehead atoms. The maximum atomic E-state index is 11.8. The molecule has 0 saturated carbocycles. The Balaban J connectivity index is 2.33. The Labute approximate surface area is 82.6 Å². The van der Waals surface area contributed by atoms with Crippen LogP contribution in [0.2, 0.25) is 0 Å². The Morgan fingerprint density at radius 2 is 2.21 bits per heavy atom. The number of hydrogen-bond acceptors (Lipinski definition) is 2. The van der Waals surface area contributed by atoms with E-state index in [1.807, 2.05) is 30.3 Å². The normalized spacial score (nSPS) is 14.8. The zero-order valence-electron chi connectivity index (χ0n) is 7.73. The summed E-state index contributed by atoms with van der Waals surface area (Å²) in [5.41, 5.74) is 1.83. The van der Waals surface area contributed by atoms with Crippen LogP contribution in [-0.4, -0.2) is 23.9 Å². The number of carbonyl (C=O) groups excluding carboxylic acids is 1. The molecule has 1 aliphatic rings. The molecule has 1 aromatic rings. The highest BCUT2D eigenvalue weighted by molar-refractivity contribution is 5.96. The summed E-state index contributed by atoms with van der Waals surface area (Å²) in [6, 6.07) is 9.58. The summed E-state index contributed by atoms with van der Waals surface area (Å²) < 4.78 is 0. The SMILES string of the molecule is N#CCN1CCc2ccccc2C1=O. The van der Waals surface area contributed by atoms with Crippen molar-refractivity contribution in [1.82, 2.24) is 4.90 Å². The first-order valence-corrected chi connectivity index (χ1v) is 4.57. The van der Waals surface area contributed by atoms with Crippen LogP contribution in [0, 0.1) is 11.3 Å². The molecule has 1 amide bonds. The van der Waals surface area contributed by atoms with Crippen molar-refractivity contribution in [1.29, 1.82) is 5.26 Å². The first-order valence-electron chi connectivity index (χ1n) is 4.57. The van der Waals surface area contributed by atoms with Crippen LogP contribution in [0.4, 0.5) is 0 Å². The van der Waals surface area contributed by atoms with Gasteiger partial charge in [-0.05, 0) is 18.1 Å². The lowest BCUT2D eigenvalue weighted by Crippen LogP contribution is -2.37. The zero-order chi connectivity index (χ0) is 9.97. The van der Waals surface area contributed by atoms with Crippen LogP contribution < -0.4 is 0 Å². The van der Waals surface area contributed by atoms with Gasteiger partial charge in [-0.15, -0.1) is 0 Å². The summed E-state index contributed by atoms with van der Waals surface area (Å²) >= 11 is 0. The number of fused-ring (bicyclic) bond motifs is 1. The minimum absolute atomic E-state index is 0.0200. The predicted octanol–water partition coefficient (Wildman–Crippen LogP) is 1.21. The summed E-state index contributed by atoms with van der Waals surface area (Å²) in [5.74, 6) is -0.0200. The average Bonchev–Trinajstić information content (AvgIpc) is 2.23. The fourth-order valence-corrected chi connectivity index (χ4v) is 1.71. The molecule has 2 rings (SSSR count). The van der Waals surface area contributed by atoms with Gasteiger partial charge in [-0.1, -0.05) is 18.2 Å². The number of nitrogens with zero attached hydrogens (tertiary/aromatic N) is 2. The number of hydrogen-bond donors (Lipinski definition) is 0. The summed E-state index contributed by atoms with van der Waals surface area (Å²) in [4.78, 5) is 13.4. The van der Waals surface area contributed by atoms with Gasteiger partial charge < -0.3 is 4.90 Å². The Morgan fingerprint density at radius 3 is 3.00 bits per heavy atom. The van der Waals surface area contributed by atoms with Gasteiger partial charge in [-0.2, -0.15) is 5.26 Å². The van der Waals surface area contributed by atoms with Gasteiger partial charge in [-0.3, -0.25) is 4.79 Å². The summed E-state index contributed by atoms with van der Waals surface area (Å²) in [7, 11) is 0. The quantitative estimate of drug-likeness (QED) is 0.619. The largest absolute Gasteiger partial charge is 0.325 e. The molecule has 0 unspecified atom stereocenters. The van der Waals surface area contributed by atoms with Crippen molar-refractivity contribution in [2.24, 2.45) is 0 Å². The standard InChI is InChI=1S/C11H10N2O/c12-6-8-13-7-5-9-3-1-2-4-10(9)11(13)14/h1-4H,5,7-8H2. The molecular weight excluding hydrogens is 176 g/mol. The van der Waals surface area contributed by atoms with Gasteiger partial charge >= 0.3 is 0 Å². The van der Waals surface area contributed by atoms with Gasteiger partial charge in [0.2, 0.25) is 0 Å². The molecule has 1 heterocycles. The van der Waals surface area contributed by atoms with Crippen molar-refractivity contribution in [3.8, 4) is 6.07 Å². The molecule has 0 aromatic heterocycles. The van der Waals surface area contributed by atoms with E-state index >= 15 is 0 Å². The van der Waals surface area contributed by atoms with Crippen molar-refractivity contribution in [3.63, 3.8) is 0 Å². The molecule has 3 nitrogen and oxygen atoms in total. The third-order valence-electron chi connectivity index (χ3n) is 2.45. The van der Waals surface area contributed by atoms with E-state index in [2.05, 4.69) is 0 Å². The zero-order valence-corrected chi connectivity index (χ0v) is 7.73. The molecule has 3 heteroatoms. The third-order valence-corrected chi connectivity index (χ3v) is 2.45. The van der Waals surface area contributed by atoms with E-state index in [0.29, 0.717) is 6.54 Å². The maximum Gasteiger partial charge on any atom is 0.254 e. The fourth-order valence-electron chi connectivity index (χ4n) is 1.71. The topological polar surface area (TPSA) is 44.1 Å². The van der Waals surface area contributed by atoms with Gasteiger partial charge in [-0.25, -0.2) is 0 Å². The van der Waals surface area contributed by atoms with Crippen LogP contribution in [0.5, 0.6) is 0 Å². The van der Waals surface area contributed by atoms with E-state index in [1.165, 1.54) is 0 Å². The monoisotopic (exact) mass is 186 g/mol. The second-order valence-electron chi connectivity index (χ2n) is 3.29. The smallest absolute Gasteiger partial charge is 0.254 e. The highest BCUT2D eigenvalue weighted by Crippen LogP contribution is 2.17. The van der Waals surface area contributed by atoms with E-state index in [9.17, 15) is 4.79 Å².